The molecular weight excluding hydrogens is 190 g/mol. The van der Waals surface area contributed by atoms with Crippen LogP contribution in [0.25, 0.3) is 0 Å². The maximum Gasteiger partial charge on any atom is 0.220 e. The van der Waals surface area contributed by atoms with Crippen LogP contribution in [0, 0.1) is 5.92 Å². The number of carbonyl (C=O) groups excluding carboxylic acids is 1. The van der Waals surface area contributed by atoms with Gasteiger partial charge in [0.15, 0.2) is 0 Å². The van der Waals surface area contributed by atoms with Crippen LogP contribution in [0.1, 0.15) is 24.4 Å². The van der Waals surface area contributed by atoms with Gasteiger partial charge in [-0.05, 0) is 12.0 Å². The first-order valence-electron chi connectivity index (χ1n) is 5.26. The Kier molecular flexibility index (Phi) is 3.02. The van der Waals surface area contributed by atoms with Crippen molar-refractivity contribution in [3.63, 3.8) is 0 Å². The van der Waals surface area contributed by atoms with E-state index in [-0.39, 0.29) is 24.5 Å². The maximum atomic E-state index is 11.3. The van der Waals surface area contributed by atoms with Crippen LogP contribution < -0.4 is 5.32 Å². The van der Waals surface area contributed by atoms with Crippen molar-refractivity contribution in [1.29, 1.82) is 0 Å². The van der Waals surface area contributed by atoms with Gasteiger partial charge < -0.3 is 10.4 Å². The lowest BCUT2D eigenvalue weighted by Crippen LogP contribution is -2.39. The summed E-state index contributed by atoms with van der Waals surface area (Å²) < 4.78 is 0. The molecule has 1 amide bonds. The molecule has 0 unspecified atom stereocenters. The number of rotatable bonds is 2. The van der Waals surface area contributed by atoms with Gasteiger partial charge in [-0.15, -0.1) is 0 Å². The third-order valence-electron chi connectivity index (χ3n) is 2.92. The summed E-state index contributed by atoms with van der Waals surface area (Å²) in [6, 6.07) is 9.78. The summed E-state index contributed by atoms with van der Waals surface area (Å²) >= 11 is 0. The summed E-state index contributed by atoms with van der Waals surface area (Å²) in [6.07, 6.45) is 1.29. The van der Waals surface area contributed by atoms with Crippen LogP contribution >= 0.6 is 0 Å². The summed E-state index contributed by atoms with van der Waals surface area (Å²) in [6.45, 7) is 0.125. The van der Waals surface area contributed by atoms with E-state index in [1.54, 1.807) is 0 Å². The zero-order chi connectivity index (χ0) is 10.7. The van der Waals surface area contributed by atoms with Crippen molar-refractivity contribution in [2.75, 3.05) is 6.61 Å². The fourth-order valence-electron chi connectivity index (χ4n) is 2.06. The normalized spacial score (nSPS) is 26.1. The fourth-order valence-corrected chi connectivity index (χ4v) is 2.06. The van der Waals surface area contributed by atoms with E-state index in [1.807, 2.05) is 30.3 Å². The number of nitrogens with one attached hydrogen (secondary N) is 1. The minimum Gasteiger partial charge on any atom is -0.396 e. The standard InChI is InChI=1S/C12H15NO2/c14-8-10-6-7-11(15)13-12(10)9-4-2-1-3-5-9/h1-5,10,12,14H,6-8H2,(H,13,15)/t10-,12-/m1/s1. The molecule has 80 valence electrons. The third-order valence-corrected chi connectivity index (χ3v) is 2.92. The van der Waals surface area contributed by atoms with Gasteiger partial charge in [-0.2, -0.15) is 0 Å². The van der Waals surface area contributed by atoms with Gasteiger partial charge in [0, 0.05) is 18.9 Å². The van der Waals surface area contributed by atoms with Crippen LogP contribution in [0.4, 0.5) is 0 Å². The van der Waals surface area contributed by atoms with E-state index in [1.165, 1.54) is 0 Å². The number of hydrogen-bond acceptors (Lipinski definition) is 2. The highest BCUT2D eigenvalue weighted by molar-refractivity contribution is 5.77. The highest BCUT2D eigenvalue weighted by atomic mass is 16.3. The van der Waals surface area contributed by atoms with Gasteiger partial charge in [-0.25, -0.2) is 0 Å². The van der Waals surface area contributed by atoms with Crippen LogP contribution in [-0.4, -0.2) is 17.6 Å². The van der Waals surface area contributed by atoms with Crippen molar-refractivity contribution in [2.45, 2.75) is 18.9 Å². The van der Waals surface area contributed by atoms with E-state index in [0.717, 1.165) is 12.0 Å². The monoisotopic (exact) mass is 205 g/mol. The fraction of sp³-hybridized carbons (Fsp3) is 0.417. The summed E-state index contributed by atoms with van der Waals surface area (Å²) in [5, 5.41) is 12.2. The van der Waals surface area contributed by atoms with Crippen LogP contribution in [-0.2, 0) is 4.79 Å². The van der Waals surface area contributed by atoms with Crippen LogP contribution in [0.2, 0.25) is 0 Å². The molecule has 0 aliphatic carbocycles. The van der Waals surface area contributed by atoms with Crippen LogP contribution in [0.5, 0.6) is 0 Å². The molecule has 1 saturated heterocycles. The first-order chi connectivity index (χ1) is 7.31. The van der Waals surface area contributed by atoms with E-state index >= 15 is 0 Å². The van der Waals surface area contributed by atoms with Crippen molar-refractivity contribution in [1.82, 2.24) is 5.32 Å². The molecule has 1 aliphatic rings. The molecule has 2 atom stereocenters. The zero-order valence-corrected chi connectivity index (χ0v) is 8.52. The van der Waals surface area contributed by atoms with Gasteiger partial charge in [-0.1, -0.05) is 30.3 Å². The number of aliphatic hydroxyl groups is 1. The Bertz CT molecular complexity index is 337. The second-order valence-electron chi connectivity index (χ2n) is 3.94. The highest BCUT2D eigenvalue weighted by Gasteiger charge is 2.28. The molecule has 0 saturated carbocycles. The molecule has 1 aromatic rings. The number of carbonyl (C=O) groups is 1. The van der Waals surface area contributed by atoms with Crippen molar-refractivity contribution in [3.05, 3.63) is 35.9 Å². The molecule has 0 aromatic heterocycles. The number of piperidine rings is 1. The molecule has 1 aliphatic heterocycles. The van der Waals surface area contributed by atoms with E-state index in [0.29, 0.717) is 6.42 Å². The molecule has 2 N–H and O–H groups in total. The van der Waals surface area contributed by atoms with Crippen LogP contribution in [0.3, 0.4) is 0 Å². The van der Waals surface area contributed by atoms with Gasteiger partial charge in [0.1, 0.15) is 0 Å². The molecule has 3 heteroatoms. The Morgan fingerprint density at radius 1 is 1.33 bits per heavy atom. The van der Waals surface area contributed by atoms with Gasteiger partial charge >= 0.3 is 0 Å². The highest BCUT2D eigenvalue weighted by Crippen LogP contribution is 2.28. The minimum atomic E-state index is -0.0301. The van der Waals surface area contributed by atoms with Crippen molar-refractivity contribution >= 4 is 5.91 Å². The molecular formula is C12H15NO2. The quantitative estimate of drug-likeness (QED) is 0.763. The van der Waals surface area contributed by atoms with E-state index in [9.17, 15) is 9.90 Å². The first kappa shape index (κ1) is 10.2. The van der Waals surface area contributed by atoms with Crippen molar-refractivity contribution in [2.24, 2.45) is 5.92 Å². The Morgan fingerprint density at radius 3 is 2.73 bits per heavy atom. The zero-order valence-electron chi connectivity index (χ0n) is 8.52. The predicted molar refractivity (Wildman–Crippen MR) is 57.1 cm³/mol. The van der Waals surface area contributed by atoms with Crippen molar-refractivity contribution in [3.8, 4) is 0 Å². The summed E-state index contributed by atoms with van der Waals surface area (Å²) in [4.78, 5) is 11.3. The predicted octanol–water partition coefficient (Wildman–Crippen LogP) is 1.25. The number of hydrogen-bond donors (Lipinski definition) is 2. The summed E-state index contributed by atoms with van der Waals surface area (Å²) in [5.41, 5.74) is 1.07. The molecule has 0 radical (unpaired) electrons. The first-order valence-corrected chi connectivity index (χ1v) is 5.26. The molecule has 3 nitrogen and oxygen atoms in total. The topological polar surface area (TPSA) is 49.3 Å². The van der Waals surface area contributed by atoms with Gasteiger partial charge in [0.05, 0.1) is 6.04 Å². The maximum absolute atomic E-state index is 11.3. The Hall–Kier alpha value is -1.35. The second-order valence-corrected chi connectivity index (χ2v) is 3.94. The Labute approximate surface area is 89.1 Å². The van der Waals surface area contributed by atoms with Crippen LogP contribution in [0.15, 0.2) is 30.3 Å². The van der Waals surface area contributed by atoms with E-state index in [2.05, 4.69) is 5.32 Å². The number of benzene rings is 1. The Balaban J connectivity index is 2.21. The molecule has 0 spiro atoms. The summed E-state index contributed by atoms with van der Waals surface area (Å²) in [7, 11) is 0. The van der Waals surface area contributed by atoms with Gasteiger partial charge in [0.25, 0.3) is 0 Å². The lowest BCUT2D eigenvalue weighted by atomic mass is 9.87. The third kappa shape index (κ3) is 2.18. The smallest absolute Gasteiger partial charge is 0.220 e. The largest absolute Gasteiger partial charge is 0.396 e. The average Bonchev–Trinajstić information content (AvgIpc) is 2.30. The number of aliphatic hydroxyl groups excluding tert-OH is 1. The minimum absolute atomic E-state index is 0.0301. The molecule has 0 bridgehead atoms. The molecule has 15 heavy (non-hydrogen) atoms. The van der Waals surface area contributed by atoms with Gasteiger partial charge in [-0.3, -0.25) is 4.79 Å². The number of amides is 1. The molecule has 2 rings (SSSR count). The molecule has 1 fully saturated rings. The second kappa shape index (κ2) is 4.45. The SMILES string of the molecule is O=C1CC[C@H](CO)[C@@H](c2ccccc2)N1. The molecule has 1 heterocycles. The average molecular weight is 205 g/mol. The van der Waals surface area contributed by atoms with E-state index < -0.39 is 0 Å². The molecule has 1 aromatic carbocycles. The van der Waals surface area contributed by atoms with Gasteiger partial charge in [0.2, 0.25) is 5.91 Å². The van der Waals surface area contributed by atoms with Crippen molar-refractivity contribution < 1.29 is 9.90 Å². The van der Waals surface area contributed by atoms with E-state index in [4.69, 9.17) is 0 Å². The lowest BCUT2D eigenvalue weighted by molar-refractivity contribution is -0.124. The summed E-state index contributed by atoms with van der Waals surface area (Å²) in [5.74, 6) is 0.221. The Morgan fingerprint density at radius 2 is 2.07 bits per heavy atom. The lowest BCUT2D eigenvalue weighted by Gasteiger charge is -2.31.